The highest BCUT2D eigenvalue weighted by Crippen LogP contribution is 2.45. The van der Waals surface area contributed by atoms with Crippen molar-refractivity contribution in [1.82, 2.24) is 0 Å². The fourth-order valence-corrected chi connectivity index (χ4v) is 3.77. The molecule has 1 aliphatic rings. The molecular weight excluding hydrogens is 320 g/mol. The molecular formula is C24H26O2. The summed E-state index contributed by atoms with van der Waals surface area (Å²) in [5.74, 6) is 5.25. The van der Waals surface area contributed by atoms with Crippen LogP contribution in [-0.2, 0) is 17.3 Å². The van der Waals surface area contributed by atoms with Crippen LogP contribution < -0.4 is 0 Å². The number of carboxylic acid groups (broad SMARTS) is 1. The molecule has 1 N–H and O–H groups in total. The monoisotopic (exact) mass is 346 g/mol. The summed E-state index contributed by atoms with van der Waals surface area (Å²) in [5, 5.41) is 9.25. The van der Waals surface area contributed by atoms with Crippen molar-refractivity contribution in [1.29, 1.82) is 0 Å². The zero-order valence-electron chi connectivity index (χ0n) is 16.0. The molecule has 2 aromatic carbocycles. The maximum Gasteiger partial charge on any atom is 0.336 e. The Labute approximate surface area is 156 Å². The minimum atomic E-state index is -0.937. The van der Waals surface area contributed by atoms with Gasteiger partial charge in [0.1, 0.15) is 0 Å². The van der Waals surface area contributed by atoms with Crippen LogP contribution in [0.1, 0.15) is 73.1 Å². The number of fused-ring (bicyclic) bond motifs is 1. The van der Waals surface area contributed by atoms with Crippen LogP contribution in [0, 0.1) is 11.8 Å². The predicted molar refractivity (Wildman–Crippen MR) is 106 cm³/mol. The van der Waals surface area contributed by atoms with E-state index in [1.165, 1.54) is 29.5 Å². The summed E-state index contributed by atoms with van der Waals surface area (Å²) in [6.45, 7) is 9.28. The van der Waals surface area contributed by atoms with Gasteiger partial charge in [-0.2, -0.15) is 0 Å². The lowest BCUT2D eigenvalue weighted by Crippen LogP contribution is -2.33. The standard InChI is InChI=1S/C24H26O2/c1-23(2)14-15-24(3,4)21-16-17(12-13-20(21)23)8-7-10-18-9-5-6-11-19(18)22(25)26/h5-6,9,11-13,16H,8,14-15H2,1-4H3,(H,25,26). The van der Waals surface area contributed by atoms with Crippen molar-refractivity contribution in [2.75, 3.05) is 0 Å². The van der Waals surface area contributed by atoms with E-state index < -0.39 is 5.97 Å². The van der Waals surface area contributed by atoms with Crippen LogP contribution in [0.5, 0.6) is 0 Å². The highest BCUT2D eigenvalue weighted by atomic mass is 16.4. The van der Waals surface area contributed by atoms with Gasteiger partial charge in [0.2, 0.25) is 0 Å². The highest BCUT2D eigenvalue weighted by molar-refractivity contribution is 5.90. The molecule has 0 saturated heterocycles. The van der Waals surface area contributed by atoms with Gasteiger partial charge in [-0.15, -0.1) is 0 Å². The van der Waals surface area contributed by atoms with Crippen molar-refractivity contribution in [3.8, 4) is 11.8 Å². The molecule has 0 saturated carbocycles. The lowest BCUT2D eigenvalue weighted by molar-refractivity contribution is 0.0696. The first-order valence-electron chi connectivity index (χ1n) is 9.16. The molecule has 134 valence electrons. The van der Waals surface area contributed by atoms with Gasteiger partial charge < -0.3 is 5.11 Å². The maximum absolute atomic E-state index is 11.3. The Balaban J connectivity index is 1.89. The van der Waals surface area contributed by atoms with E-state index in [1.54, 1.807) is 18.2 Å². The van der Waals surface area contributed by atoms with E-state index in [0.29, 0.717) is 12.0 Å². The average molecular weight is 346 g/mol. The molecule has 0 unspecified atom stereocenters. The minimum absolute atomic E-state index is 0.185. The van der Waals surface area contributed by atoms with Crippen LogP contribution in [-0.4, -0.2) is 11.1 Å². The molecule has 3 rings (SSSR count). The van der Waals surface area contributed by atoms with Gasteiger partial charge in [-0.1, -0.05) is 69.9 Å². The number of carboxylic acids is 1. The number of benzene rings is 2. The molecule has 0 heterocycles. The van der Waals surface area contributed by atoms with E-state index in [4.69, 9.17) is 0 Å². The van der Waals surface area contributed by atoms with Crippen LogP contribution >= 0.6 is 0 Å². The number of aromatic carboxylic acids is 1. The van der Waals surface area contributed by atoms with Crippen molar-refractivity contribution in [2.24, 2.45) is 0 Å². The summed E-state index contributed by atoms with van der Waals surface area (Å²) in [6, 6.07) is 13.6. The SMILES string of the molecule is CC1(C)CCC(C)(C)c2cc(CC#Cc3ccccc3C(=O)O)ccc21. The molecule has 0 fully saturated rings. The van der Waals surface area contributed by atoms with Crippen molar-refractivity contribution >= 4 is 5.97 Å². The summed E-state index contributed by atoms with van der Waals surface area (Å²) < 4.78 is 0. The van der Waals surface area contributed by atoms with E-state index in [-0.39, 0.29) is 16.4 Å². The van der Waals surface area contributed by atoms with Gasteiger partial charge in [-0.05, 0) is 52.5 Å². The summed E-state index contributed by atoms with van der Waals surface area (Å²) in [6.07, 6.45) is 3.02. The van der Waals surface area contributed by atoms with Gasteiger partial charge in [0.25, 0.3) is 0 Å². The Bertz CT molecular complexity index is 907. The molecule has 0 bridgehead atoms. The Hall–Kier alpha value is -2.53. The molecule has 0 atom stereocenters. The smallest absolute Gasteiger partial charge is 0.336 e. The number of carbonyl (C=O) groups is 1. The summed E-state index contributed by atoms with van der Waals surface area (Å²) in [4.78, 5) is 11.3. The summed E-state index contributed by atoms with van der Waals surface area (Å²) in [7, 11) is 0. The topological polar surface area (TPSA) is 37.3 Å². The quantitative estimate of drug-likeness (QED) is 0.747. The molecule has 2 nitrogen and oxygen atoms in total. The third-order valence-corrected chi connectivity index (χ3v) is 5.59. The molecule has 2 aromatic rings. The second-order valence-corrected chi connectivity index (χ2v) is 8.48. The van der Waals surface area contributed by atoms with Gasteiger partial charge in [-0.25, -0.2) is 4.79 Å². The van der Waals surface area contributed by atoms with Gasteiger partial charge in [0.15, 0.2) is 0 Å². The summed E-state index contributed by atoms with van der Waals surface area (Å²) >= 11 is 0. The van der Waals surface area contributed by atoms with E-state index in [0.717, 1.165) is 0 Å². The molecule has 26 heavy (non-hydrogen) atoms. The first kappa shape index (κ1) is 18.3. The van der Waals surface area contributed by atoms with Crippen LogP contribution in [0.15, 0.2) is 42.5 Å². The van der Waals surface area contributed by atoms with E-state index in [9.17, 15) is 9.90 Å². The van der Waals surface area contributed by atoms with Crippen molar-refractivity contribution in [2.45, 2.75) is 57.8 Å². The molecule has 0 aromatic heterocycles. The Kier molecular flexibility index (Phi) is 4.67. The van der Waals surface area contributed by atoms with Gasteiger partial charge in [0.05, 0.1) is 5.56 Å². The Morgan fingerprint density at radius 3 is 2.35 bits per heavy atom. The average Bonchev–Trinajstić information content (AvgIpc) is 2.59. The van der Waals surface area contributed by atoms with Crippen molar-refractivity contribution in [3.05, 3.63) is 70.3 Å². The number of hydrogen-bond donors (Lipinski definition) is 1. The number of hydrogen-bond acceptors (Lipinski definition) is 1. The van der Waals surface area contributed by atoms with E-state index >= 15 is 0 Å². The largest absolute Gasteiger partial charge is 0.478 e. The first-order chi connectivity index (χ1) is 12.2. The highest BCUT2D eigenvalue weighted by Gasteiger charge is 2.36. The van der Waals surface area contributed by atoms with Crippen LogP contribution in [0.4, 0.5) is 0 Å². The van der Waals surface area contributed by atoms with Crippen LogP contribution in [0.2, 0.25) is 0 Å². The fraction of sp³-hybridized carbons (Fsp3) is 0.375. The van der Waals surface area contributed by atoms with E-state index in [1.807, 2.05) is 6.07 Å². The predicted octanol–water partition coefficient (Wildman–Crippen LogP) is 5.33. The molecule has 2 heteroatoms. The van der Waals surface area contributed by atoms with Gasteiger partial charge in [0, 0.05) is 12.0 Å². The maximum atomic E-state index is 11.3. The third-order valence-electron chi connectivity index (χ3n) is 5.59. The van der Waals surface area contributed by atoms with Crippen molar-refractivity contribution < 1.29 is 9.90 Å². The lowest BCUT2D eigenvalue weighted by atomic mass is 9.63. The fourth-order valence-electron chi connectivity index (χ4n) is 3.77. The second-order valence-electron chi connectivity index (χ2n) is 8.48. The minimum Gasteiger partial charge on any atom is -0.478 e. The Morgan fingerprint density at radius 2 is 1.65 bits per heavy atom. The zero-order chi connectivity index (χ0) is 18.9. The molecule has 0 aliphatic heterocycles. The first-order valence-corrected chi connectivity index (χ1v) is 9.16. The Morgan fingerprint density at radius 1 is 1.00 bits per heavy atom. The van der Waals surface area contributed by atoms with E-state index in [2.05, 4.69) is 57.7 Å². The lowest BCUT2D eigenvalue weighted by Gasteiger charge is -2.42. The van der Waals surface area contributed by atoms with Gasteiger partial charge in [-0.3, -0.25) is 0 Å². The van der Waals surface area contributed by atoms with Gasteiger partial charge >= 0.3 is 5.97 Å². The van der Waals surface area contributed by atoms with Crippen molar-refractivity contribution in [3.63, 3.8) is 0 Å². The number of rotatable bonds is 2. The molecule has 0 spiro atoms. The van der Waals surface area contributed by atoms with Crippen LogP contribution in [0.25, 0.3) is 0 Å². The summed E-state index contributed by atoms with van der Waals surface area (Å²) in [5.41, 5.74) is 5.29. The second kappa shape index (κ2) is 6.65. The molecule has 1 aliphatic carbocycles. The van der Waals surface area contributed by atoms with Crippen LogP contribution in [0.3, 0.4) is 0 Å². The molecule has 0 amide bonds. The third kappa shape index (κ3) is 3.53. The zero-order valence-corrected chi connectivity index (χ0v) is 16.0. The molecule has 0 radical (unpaired) electrons. The normalized spacial score (nSPS) is 16.9.